The molecule has 3 fully saturated rings. The van der Waals surface area contributed by atoms with Gasteiger partial charge in [0.1, 0.15) is 0 Å². The van der Waals surface area contributed by atoms with Crippen LogP contribution in [0.25, 0.3) is 0 Å². The summed E-state index contributed by atoms with van der Waals surface area (Å²) in [6, 6.07) is 2.37. The molecule has 86 valence electrons. The fraction of sp³-hybridized carbons (Fsp3) is 0.500. The molecule has 16 heavy (non-hydrogen) atoms. The van der Waals surface area contributed by atoms with Crippen LogP contribution in [0.5, 0.6) is 0 Å². The lowest BCUT2D eigenvalue weighted by Crippen LogP contribution is -2.67. The number of benzene rings is 1. The Labute approximate surface area is 91.4 Å². The fourth-order valence-electron chi connectivity index (χ4n) is 3.44. The van der Waals surface area contributed by atoms with Gasteiger partial charge in [-0.25, -0.2) is 13.2 Å². The third kappa shape index (κ3) is 1.01. The lowest BCUT2D eigenvalue weighted by molar-refractivity contribution is -0.134. The van der Waals surface area contributed by atoms with Gasteiger partial charge in [0.25, 0.3) is 0 Å². The van der Waals surface area contributed by atoms with Gasteiger partial charge in [0, 0.05) is 5.41 Å². The average Bonchev–Trinajstić information content (AvgIpc) is 2.14. The predicted octanol–water partition coefficient (Wildman–Crippen LogP) is 2.48. The number of hydrogen-bond donors (Lipinski definition) is 1. The van der Waals surface area contributed by atoms with Crippen LogP contribution in [0.1, 0.15) is 24.8 Å². The lowest BCUT2D eigenvalue weighted by atomic mass is 9.33. The summed E-state index contributed by atoms with van der Waals surface area (Å²) in [5, 5.41) is 0. The second-order valence-corrected chi connectivity index (χ2v) is 5.24. The summed E-state index contributed by atoms with van der Waals surface area (Å²) in [5.74, 6) is -3.50. The first-order chi connectivity index (χ1) is 7.52. The van der Waals surface area contributed by atoms with Gasteiger partial charge >= 0.3 is 0 Å². The van der Waals surface area contributed by atoms with E-state index in [4.69, 9.17) is 5.73 Å². The van der Waals surface area contributed by atoms with Gasteiger partial charge in [0.2, 0.25) is 0 Å². The van der Waals surface area contributed by atoms with Crippen LogP contribution in [0.2, 0.25) is 0 Å². The highest BCUT2D eigenvalue weighted by atomic mass is 19.2. The van der Waals surface area contributed by atoms with Gasteiger partial charge < -0.3 is 5.73 Å². The number of rotatable bonds is 2. The van der Waals surface area contributed by atoms with Crippen molar-refractivity contribution in [3.63, 3.8) is 0 Å². The molecular formula is C12H12F3N. The zero-order chi connectivity index (χ0) is 11.6. The van der Waals surface area contributed by atoms with Gasteiger partial charge in [-0.15, -0.1) is 0 Å². The van der Waals surface area contributed by atoms with Gasteiger partial charge in [0.15, 0.2) is 17.5 Å². The molecule has 0 heterocycles. The van der Waals surface area contributed by atoms with Crippen LogP contribution < -0.4 is 5.73 Å². The fourth-order valence-corrected chi connectivity index (χ4v) is 3.44. The molecular weight excluding hydrogens is 215 g/mol. The van der Waals surface area contributed by atoms with E-state index < -0.39 is 17.5 Å². The van der Waals surface area contributed by atoms with E-state index >= 15 is 0 Å². The quantitative estimate of drug-likeness (QED) is 0.772. The average molecular weight is 227 g/mol. The van der Waals surface area contributed by atoms with Crippen molar-refractivity contribution in [3.8, 4) is 0 Å². The zero-order valence-electron chi connectivity index (χ0n) is 8.69. The van der Waals surface area contributed by atoms with Crippen molar-refractivity contribution >= 4 is 0 Å². The van der Waals surface area contributed by atoms with Crippen molar-refractivity contribution in [1.29, 1.82) is 0 Å². The molecule has 0 amide bonds. The largest absolute Gasteiger partial charge is 0.330 e. The van der Waals surface area contributed by atoms with Crippen molar-refractivity contribution in [2.45, 2.75) is 24.7 Å². The topological polar surface area (TPSA) is 26.0 Å². The Bertz CT molecular complexity index is 450. The van der Waals surface area contributed by atoms with Gasteiger partial charge in [-0.05, 0) is 42.9 Å². The van der Waals surface area contributed by atoms with Crippen LogP contribution in [-0.2, 0) is 5.41 Å². The van der Waals surface area contributed by atoms with E-state index in [1.807, 2.05) is 0 Å². The summed E-state index contributed by atoms with van der Waals surface area (Å²) in [4.78, 5) is 0. The second-order valence-electron chi connectivity index (χ2n) is 5.24. The summed E-state index contributed by atoms with van der Waals surface area (Å²) in [7, 11) is 0. The Kier molecular flexibility index (Phi) is 1.78. The van der Waals surface area contributed by atoms with Crippen LogP contribution in [0.3, 0.4) is 0 Å². The van der Waals surface area contributed by atoms with Gasteiger partial charge in [-0.1, -0.05) is 6.07 Å². The molecule has 2 bridgehead atoms. The first-order valence-electron chi connectivity index (χ1n) is 5.36. The molecule has 2 N–H and O–H groups in total. The molecule has 0 saturated heterocycles. The molecule has 0 spiro atoms. The molecule has 0 unspecified atom stereocenters. The predicted molar refractivity (Wildman–Crippen MR) is 53.3 cm³/mol. The Morgan fingerprint density at radius 1 is 1.06 bits per heavy atom. The van der Waals surface area contributed by atoms with Crippen molar-refractivity contribution in [3.05, 3.63) is 35.1 Å². The Morgan fingerprint density at radius 3 is 2.25 bits per heavy atom. The maximum absolute atomic E-state index is 13.6. The normalized spacial score (nSPS) is 35.5. The van der Waals surface area contributed by atoms with Crippen LogP contribution in [0, 0.1) is 22.9 Å². The monoisotopic (exact) mass is 227 g/mol. The van der Waals surface area contributed by atoms with E-state index in [1.54, 1.807) is 0 Å². The highest BCUT2D eigenvalue weighted by Gasteiger charge is 2.68. The summed E-state index contributed by atoms with van der Waals surface area (Å²) >= 11 is 0. The lowest BCUT2D eigenvalue weighted by Gasteiger charge is -2.71. The molecule has 0 atom stereocenters. The summed E-state index contributed by atoms with van der Waals surface area (Å²) in [6.07, 6.45) is 2.41. The highest BCUT2D eigenvalue weighted by Crippen LogP contribution is 2.73. The highest BCUT2D eigenvalue weighted by molar-refractivity contribution is 5.40. The Balaban J connectivity index is 1.96. The molecule has 1 nitrogen and oxygen atoms in total. The van der Waals surface area contributed by atoms with E-state index in [1.165, 1.54) is 6.07 Å². The maximum Gasteiger partial charge on any atom is 0.194 e. The Morgan fingerprint density at radius 2 is 1.69 bits per heavy atom. The summed E-state index contributed by atoms with van der Waals surface area (Å²) < 4.78 is 39.5. The molecule has 0 aliphatic heterocycles. The third-order valence-corrected chi connectivity index (χ3v) is 4.18. The molecule has 1 aromatic carbocycles. The first-order valence-corrected chi connectivity index (χ1v) is 5.36. The SMILES string of the molecule is NCC12CC(c3ccc(F)c(F)c3F)(C1)C2. The van der Waals surface area contributed by atoms with Crippen molar-refractivity contribution < 1.29 is 13.2 Å². The number of hydrogen-bond acceptors (Lipinski definition) is 1. The van der Waals surface area contributed by atoms with Crippen molar-refractivity contribution in [1.82, 2.24) is 0 Å². The maximum atomic E-state index is 13.6. The molecule has 3 aliphatic rings. The first kappa shape index (κ1) is 10.1. The minimum Gasteiger partial charge on any atom is -0.330 e. The van der Waals surface area contributed by atoms with Gasteiger partial charge in [0.05, 0.1) is 0 Å². The minimum atomic E-state index is -1.36. The zero-order valence-corrected chi connectivity index (χ0v) is 8.69. The molecule has 0 aromatic heterocycles. The molecule has 1 aromatic rings. The standard InChI is InChI=1S/C12H12F3N/c13-8-2-1-7(9(14)10(8)15)12-3-11(4-12,5-12)6-16/h1-2H,3-6,16H2. The van der Waals surface area contributed by atoms with Gasteiger partial charge in [-0.2, -0.15) is 0 Å². The molecule has 3 saturated carbocycles. The number of nitrogens with two attached hydrogens (primary N) is 1. The van der Waals surface area contributed by atoms with Crippen LogP contribution >= 0.6 is 0 Å². The summed E-state index contributed by atoms with van der Waals surface area (Å²) in [6.45, 7) is 0.597. The molecule has 3 aliphatic carbocycles. The molecule has 0 radical (unpaired) electrons. The minimum absolute atomic E-state index is 0.150. The van der Waals surface area contributed by atoms with E-state index in [2.05, 4.69) is 0 Å². The van der Waals surface area contributed by atoms with Crippen LogP contribution in [0.15, 0.2) is 12.1 Å². The van der Waals surface area contributed by atoms with Crippen molar-refractivity contribution in [2.24, 2.45) is 11.1 Å². The smallest absolute Gasteiger partial charge is 0.194 e. The van der Waals surface area contributed by atoms with E-state index in [0.29, 0.717) is 12.1 Å². The second kappa shape index (κ2) is 2.80. The van der Waals surface area contributed by atoms with E-state index in [9.17, 15) is 13.2 Å². The summed E-state index contributed by atoms with van der Waals surface area (Å²) in [5.41, 5.74) is 5.81. The van der Waals surface area contributed by atoms with Gasteiger partial charge in [-0.3, -0.25) is 0 Å². The molecule has 4 rings (SSSR count). The Hall–Kier alpha value is -1.03. The van der Waals surface area contributed by atoms with Crippen LogP contribution in [0.4, 0.5) is 13.2 Å². The van der Waals surface area contributed by atoms with Crippen molar-refractivity contribution in [2.75, 3.05) is 6.54 Å². The van der Waals surface area contributed by atoms with E-state index in [-0.39, 0.29) is 10.8 Å². The number of halogens is 3. The van der Waals surface area contributed by atoms with E-state index in [0.717, 1.165) is 25.3 Å². The molecule has 4 heteroatoms. The third-order valence-electron chi connectivity index (χ3n) is 4.18. The van der Waals surface area contributed by atoms with Crippen LogP contribution in [-0.4, -0.2) is 6.54 Å².